The maximum Gasteiger partial charge on any atom is 0.270 e. The van der Waals surface area contributed by atoms with Crippen LogP contribution in [0.15, 0.2) is 46.0 Å². The third-order valence-electron chi connectivity index (χ3n) is 8.09. The van der Waals surface area contributed by atoms with E-state index in [-0.39, 0.29) is 21.9 Å². The maximum absolute atomic E-state index is 13.5. The predicted octanol–water partition coefficient (Wildman–Crippen LogP) is 5.83. The van der Waals surface area contributed by atoms with Crippen LogP contribution in [0.3, 0.4) is 0 Å². The van der Waals surface area contributed by atoms with Gasteiger partial charge < -0.3 is 19.5 Å². The highest BCUT2D eigenvalue weighted by molar-refractivity contribution is 7.16. The Morgan fingerprint density at radius 3 is 2.70 bits per heavy atom. The van der Waals surface area contributed by atoms with Gasteiger partial charge in [-0.1, -0.05) is 20.8 Å². The van der Waals surface area contributed by atoms with Gasteiger partial charge in [0.2, 0.25) is 0 Å². The molecule has 212 valence electrons. The Bertz CT molecular complexity index is 1400. The van der Waals surface area contributed by atoms with E-state index in [4.69, 9.17) is 9.41 Å². The number of rotatable bonds is 7. The first-order valence-electron chi connectivity index (χ1n) is 13.8. The molecular weight excluding hydrogens is 526 g/mol. The summed E-state index contributed by atoms with van der Waals surface area (Å²) in [6.07, 6.45) is 6.06. The second kappa shape index (κ2) is 11.5. The minimum atomic E-state index is -0.380. The number of nitrogens with zero attached hydrogens (tertiary/aromatic N) is 4. The molecule has 1 N–H and O–H groups in total. The van der Waals surface area contributed by atoms with E-state index < -0.39 is 0 Å². The van der Waals surface area contributed by atoms with Crippen LogP contribution in [0.25, 0.3) is 0 Å². The highest BCUT2D eigenvalue weighted by Crippen LogP contribution is 2.45. The van der Waals surface area contributed by atoms with Crippen LogP contribution < -0.4 is 10.2 Å². The van der Waals surface area contributed by atoms with Gasteiger partial charge in [-0.3, -0.25) is 14.9 Å². The fraction of sp³-hybridized carbons (Fsp3) is 0.467. The number of furan rings is 1. The van der Waals surface area contributed by atoms with Gasteiger partial charge in [-0.25, -0.2) is 4.99 Å². The highest BCUT2D eigenvalue weighted by Gasteiger charge is 2.33. The molecule has 1 saturated heterocycles. The number of carbonyl (C=O) groups is 1. The lowest BCUT2D eigenvalue weighted by atomic mass is 9.72. The van der Waals surface area contributed by atoms with Gasteiger partial charge in [0.1, 0.15) is 10.8 Å². The molecule has 9 nitrogen and oxygen atoms in total. The summed E-state index contributed by atoms with van der Waals surface area (Å²) >= 11 is 1.57. The van der Waals surface area contributed by atoms with Gasteiger partial charge in [0.25, 0.3) is 11.6 Å². The Kier molecular flexibility index (Phi) is 8.09. The summed E-state index contributed by atoms with van der Waals surface area (Å²) in [7, 11) is 2.09. The van der Waals surface area contributed by atoms with E-state index in [0.29, 0.717) is 34.4 Å². The van der Waals surface area contributed by atoms with Crippen LogP contribution in [0.4, 0.5) is 16.4 Å². The van der Waals surface area contributed by atoms with Gasteiger partial charge in [-0.15, -0.1) is 11.3 Å². The average molecular weight is 564 g/mol. The molecule has 3 heterocycles. The fourth-order valence-corrected chi connectivity index (χ4v) is 6.80. The Balaban J connectivity index is 1.50. The summed E-state index contributed by atoms with van der Waals surface area (Å²) in [4.78, 5) is 35.3. The first-order valence-corrected chi connectivity index (χ1v) is 14.6. The van der Waals surface area contributed by atoms with Crippen molar-refractivity contribution in [2.24, 2.45) is 16.3 Å². The molecule has 2 aromatic heterocycles. The summed E-state index contributed by atoms with van der Waals surface area (Å²) in [5.41, 5.74) is 3.48. The van der Waals surface area contributed by atoms with E-state index in [9.17, 15) is 14.9 Å². The van der Waals surface area contributed by atoms with Gasteiger partial charge in [-0.05, 0) is 61.4 Å². The minimum Gasteiger partial charge on any atom is -0.467 e. The minimum absolute atomic E-state index is 0.0224. The van der Waals surface area contributed by atoms with E-state index in [1.807, 2.05) is 12.1 Å². The van der Waals surface area contributed by atoms with Crippen molar-refractivity contribution in [1.29, 1.82) is 0 Å². The molecule has 40 heavy (non-hydrogen) atoms. The van der Waals surface area contributed by atoms with Crippen molar-refractivity contribution >= 4 is 39.8 Å². The molecule has 0 radical (unpaired) electrons. The topological polar surface area (TPSA) is 104 Å². The number of likely N-dealkylation sites (N-methyl/N-ethyl adjacent to an activating group) is 1. The Labute approximate surface area is 239 Å². The van der Waals surface area contributed by atoms with Crippen molar-refractivity contribution in [3.63, 3.8) is 0 Å². The quantitative estimate of drug-likeness (QED) is 0.220. The first kappa shape index (κ1) is 28.0. The van der Waals surface area contributed by atoms with E-state index in [1.54, 1.807) is 42.0 Å². The van der Waals surface area contributed by atoms with Gasteiger partial charge in [0.05, 0.1) is 23.3 Å². The number of amides is 1. The number of nitrogens with one attached hydrogen (secondary N) is 1. The van der Waals surface area contributed by atoms with Gasteiger partial charge in [0.15, 0.2) is 0 Å². The first-order chi connectivity index (χ1) is 19.1. The molecular formula is C30H37N5O4S. The summed E-state index contributed by atoms with van der Waals surface area (Å²) in [6, 6.07) is 8.58. The number of benzene rings is 1. The lowest BCUT2D eigenvalue weighted by molar-refractivity contribution is -0.384. The molecule has 5 rings (SSSR count). The van der Waals surface area contributed by atoms with Crippen LogP contribution in [0.1, 0.15) is 59.3 Å². The average Bonchev–Trinajstić information content (AvgIpc) is 3.57. The molecule has 2 aliphatic rings. The van der Waals surface area contributed by atoms with E-state index in [2.05, 4.69) is 42.9 Å². The van der Waals surface area contributed by atoms with Crippen LogP contribution in [0.2, 0.25) is 0 Å². The van der Waals surface area contributed by atoms with Crippen molar-refractivity contribution in [2.75, 3.05) is 38.1 Å². The van der Waals surface area contributed by atoms with Crippen molar-refractivity contribution in [3.8, 4) is 0 Å². The summed E-state index contributed by atoms with van der Waals surface area (Å²) in [6.45, 7) is 10.6. The van der Waals surface area contributed by atoms with Crippen LogP contribution in [-0.4, -0.2) is 55.2 Å². The molecule has 1 atom stereocenters. The molecule has 3 aromatic rings. The Morgan fingerprint density at radius 1 is 1.25 bits per heavy atom. The van der Waals surface area contributed by atoms with E-state index in [0.717, 1.165) is 56.7 Å². The highest BCUT2D eigenvalue weighted by atomic mass is 32.1. The van der Waals surface area contributed by atoms with Crippen molar-refractivity contribution in [1.82, 2.24) is 10.2 Å². The maximum atomic E-state index is 13.5. The number of thiophene rings is 1. The zero-order valence-corrected chi connectivity index (χ0v) is 24.4. The monoisotopic (exact) mass is 563 g/mol. The Morgan fingerprint density at radius 2 is 2.02 bits per heavy atom. The molecule has 1 amide bonds. The summed E-state index contributed by atoms with van der Waals surface area (Å²) in [5.74, 6) is 1.03. The molecule has 1 fully saturated rings. The molecule has 0 saturated carbocycles. The van der Waals surface area contributed by atoms with Gasteiger partial charge >= 0.3 is 0 Å². The standard InChI is InChI=1S/C30H37N5O4S/c1-30(2,3)21-7-9-24-26(17-21)40-29(27(24)28(36)31-19-23-6-5-15-39-23)32-18-20-16-22(35(37)38)8-10-25(20)34-13-11-33(4)12-14-34/h5-6,8,10,15-16,18,21H,7,9,11-14,17,19H2,1-4H3,(H,31,36)/t21-/m1/s1. The molecule has 0 spiro atoms. The fourth-order valence-electron chi connectivity index (χ4n) is 5.53. The molecule has 1 aliphatic heterocycles. The number of piperazine rings is 1. The second-order valence-electron chi connectivity index (χ2n) is 11.8. The number of hydrogen-bond donors (Lipinski definition) is 1. The Hall–Kier alpha value is -3.50. The van der Waals surface area contributed by atoms with Crippen molar-refractivity contribution < 1.29 is 14.1 Å². The molecule has 0 bridgehead atoms. The van der Waals surface area contributed by atoms with Crippen LogP contribution in [-0.2, 0) is 19.4 Å². The number of nitro benzene ring substituents is 1. The number of anilines is 1. The normalized spacial score (nSPS) is 18.2. The third-order valence-corrected chi connectivity index (χ3v) is 9.25. The zero-order chi connectivity index (χ0) is 28.4. The molecule has 0 unspecified atom stereocenters. The SMILES string of the molecule is CN1CCN(c2ccc([N+](=O)[O-])cc2C=Nc2sc3c(c2C(=O)NCc2ccco2)CC[C@@H](C(C)(C)C)C3)CC1. The van der Waals surface area contributed by atoms with Crippen LogP contribution in [0.5, 0.6) is 0 Å². The summed E-state index contributed by atoms with van der Waals surface area (Å²) < 4.78 is 5.40. The van der Waals surface area contributed by atoms with Crippen molar-refractivity contribution in [3.05, 3.63) is 74.0 Å². The predicted molar refractivity (Wildman–Crippen MR) is 159 cm³/mol. The third kappa shape index (κ3) is 6.13. The van der Waals surface area contributed by atoms with Gasteiger partial charge in [0, 0.05) is 60.7 Å². The molecule has 1 aromatic carbocycles. The smallest absolute Gasteiger partial charge is 0.270 e. The summed E-state index contributed by atoms with van der Waals surface area (Å²) in [5, 5.41) is 15.2. The van der Waals surface area contributed by atoms with Gasteiger partial charge in [-0.2, -0.15) is 0 Å². The number of hydrogen-bond acceptors (Lipinski definition) is 8. The number of fused-ring (bicyclic) bond motifs is 1. The number of non-ortho nitro benzene ring substituents is 1. The zero-order valence-electron chi connectivity index (χ0n) is 23.6. The van der Waals surface area contributed by atoms with E-state index in [1.165, 1.54) is 4.88 Å². The largest absolute Gasteiger partial charge is 0.467 e. The second-order valence-corrected chi connectivity index (χ2v) is 12.9. The lowest BCUT2D eigenvalue weighted by Gasteiger charge is -2.34. The lowest BCUT2D eigenvalue weighted by Crippen LogP contribution is -2.44. The molecule has 10 heteroatoms. The number of nitro groups is 1. The number of carbonyl (C=O) groups excluding carboxylic acids is 1. The van der Waals surface area contributed by atoms with Crippen LogP contribution >= 0.6 is 11.3 Å². The van der Waals surface area contributed by atoms with Crippen LogP contribution in [0, 0.1) is 21.4 Å². The van der Waals surface area contributed by atoms with E-state index >= 15 is 0 Å². The van der Waals surface area contributed by atoms with Crippen molar-refractivity contribution in [2.45, 2.75) is 46.6 Å². The molecule has 1 aliphatic carbocycles. The number of aliphatic imine (C=N–C) groups is 1.